The molecule has 1 fully saturated rings. The maximum Gasteiger partial charge on any atom is 0.0592 e. The minimum absolute atomic E-state index is 0.0404. The Hall–Kier alpha value is -0.0800. The molecule has 0 radical (unpaired) electrons. The lowest BCUT2D eigenvalue weighted by atomic mass is 9.90. The number of aliphatic hydroxyl groups is 1. The Morgan fingerprint density at radius 3 is 2.44 bits per heavy atom. The van der Waals surface area contributed by atoms with E-state index in [-0.39, 0.29) is 6.10 Å². The van der Waals surface area contributed by atoms with E-state index in [1.807, 2.05) is 0 Å². The summed E-state index contributed by atoms with van der Waals surface area (Å²) in [6, 6.07) is 0. The predicted octanol–water partition coefficient (Wildman–Crippen LogP) is 3.10. The van der Waals surface area contributed by atoms with Crippen LogP contribution in [0, 0.1) is 5.92 Å². The molecule has 1 rings (SSSR count). The summed E-state index contributed by atoms with van der Waals surface area (Å²) < 4.78 is 0. The number of hydrogen-bond donors (Lipinski definition) is 2. The predicted molar refractivity (Wildman–Crippen MR) is 69.6 cm³/mol. The van der Waals surface area contributed by atoms with Gasteiger partial charge in [0, 0.05) is 6.54 Å². The summed E-state index contributed by atoms with van der Waals surface area (Å²) in [5, 5.41) is 13.2. The standard InChI is InChI=1S/C14H29NO/c1-2-3-4-5-6-7-8-9-13-12-15-11-10-14(13)16/h13-16H,2-12H2,1H3. The number of unbranched alkanes of at least 4 members (excludes halogenated alkanes) is 6. The van der Waals surface area contributed by atoms with Crippen molar-refractivity contribution in [3.8, 4) is 0 Å². The minimum atomic E-state index is -0.0404. The second-order valence-corrected chi connectivity index (χ2v) is 5.23. The summed E-state index contributed by atoms with van der Waals surface area (Å²) in [4.78, 5) is 0. The first-order chi connectivity index (χ1) is 7.84. The molecule has 2 nitrogen and oxygen atoms in total. The van der Waals surface area contributed by atoms with Crippen LogP contribution >= 0.6 is 0 Å². The average Bonchev–Trinajstić information content (AvgIpc) is 2.30. The molecule has 0 saturated carbocycles. The van der Waals surface area contributed by atoms with Gasteiger partial charge in [-0.05, 0) is 25.3 Å². The number of hydrogen-bond acceptors (Lipinski definition) is 2. The number of rotatable bonds is 8. The molecule has 2 atom stereocenters. The average molecular weight is 227 g/mol. The molecule has 1 heterocycles. The molecule has 0 aromatic carbocycles. The van der Waals surface area contributed by atoms with Gasteiger partial charge in [-0.15, -0.1) is 0 Å². The van der Waals surface area contributed by atoms with Crippen LogP contribution in [-0.4, -0.2) is 24.3 Å². The second kappa shape index (κ2) is 9.00. The van der Waals surface area contributed by atoms with Gasteiger partial charge in [-0.2, -0.15) is 0 Å². The van der Waals surface area contributed by atoms with Crippen LogP contribution in [0.4, 0.5) is 0 Å². The maximum atomic E-state index is 9.80. The SMILES string of the molecule is CCCCCCCCCC1CNCCC1O. The number of aliphatic hydroxyl groups excluding tert-OH is 1. The van der Waals surface area contributed by atoms with Crippen molar-refractivity contribution in [3.05, 3.63) is 0 Å². The van der Waals surface area contributed by atoms with E-state index in [9.17, 15) is 5.11 Å². The van der Waals surface area contributed by atoms with Crippen LogP contribution in [0.5, 0.6) is 0 Å². The Balaban J connectivity index is 1.90. The van der Waals surface area contributed by atoms with Gasteiger partial charge in [-0.1, -0.05) is 51.9 Å². The molecule has 2 N–H and O–H groups in total. The van der Waals surface area contributed by atoms with Crippen molar-refractivity contribution in [2.75, 3.05) is 13.1 Å². The Morgan fingerprint density at radius 2 is 1.75 bits per heavy atom. The van der Waals surface area contributed by atoms with Crippen LogP contribution in [0.3, 0.4) is 0 Å². The lowest BCUT2D eigenvalue weighted by Gasteiger charge is -2.28. The molecule has 0 bridgehead atoms. The van der Waals surface area contributed by atoms with Crippen LogP contribution in [0.25, 0.3) is 0 Å². The fraction of sp³-hybridized carbons (Fsp3) is 1.00. The van der Waals surface area contributed by atoms with Crippen LogP contribution in [-0.2, 0) is 0 Å². The molecule has 1 aliphatic rings. The van der Waals surface area contributed by atoms with Gasteiger partial charge in [0.15, 0.2) is 0 Å². The molecular weight excluding hydrogens is 198 g/mol. The van der Waals surface area contributed by atoms with Gasteiger partial charge >= 0.3 is 0 Å². The summed E-state index contributed by atoms with van der Waals surface area (Å²) >= 11 is 0. The van der Waals surface area contributed by atoms with Crippen molar-refractivity contribution in [3.63, 3.8) is 0 Å². The van der Waals surface area contributed by atoms with Gasteiger partial charge in [-0.25, -0.2) is 0 Å². The zero-order valence-corrected chi connectivity index (χ0v) is 10.9. The van der Waals surface area contributed by atoms with E-state index in [0.717, 1.165) is 19.5 Å². The highest BCUT2D eigenvalue weighted by molar-refractivity contribution is 4.76. The van der Waals surface area contributed by atoms with Crippen molar-refractivity contribution >= 4 is 0 Å². The van der Waals surface area contributed by atoms with Gasteiger partial charge in [0.1, 0.15) is 0 Å². The first-order valence-electron chi connectivity index (χ1n) is 7.23. The van der Waals surface area contributed by atoms with Crippen LogP contribution < -0.4 is 5.32 Å². The first-order valence-corrected chi connectivity index (χ1v) is 7.23. The Bertz CT molecular complexity index is 161. The van der Waals surface area contributed by atoms with E-state index in [4.69, 9.17) is 0 Å². The van der Waals surface area contributed by atoms with E-state index < -0.39 is 0 Å². The van der Waals surface area contributed by atoms with Crippen molar-refractivity contribution < 1.29 is 5.11 Å². The molecule has 0 aromatic heterocycles. The van der Waals surface area contributed by atoms with Gasteiger partial charge in [-0.3, -0.25) is 0 Å². The molecule has 0 amide bonds. The molecule has 1 aliphatic heterocycles. The highest BCUT2D eigenvalue weighted by Gasteiger charge is 2.21. The van der Waals surface area contributed by atoms with E-state index in [1.165, 1.54) is 51.4 Å². The van der Waals surface area contributed by atoms with Crippen molar-refractivity contribution in [1.29, 1.82) is 0 Å². The molecule has 0 spiro atoms. The smallest absolute Gasteiger partial charge is 0.0592 e. The Morgan fingerprint density at radius 1 is 1.06 bits per heavy atom. The number of piperidine rings is 1. The summed E-state index contributed by atoms with van der Waals surface area (Å²) in [5.74, 6) is 0.518. The van der Waals surface area contributed by atoms with Crippen molar-refractivity contribution in [1.82, 2.24) is 5.32 Å². The van der Waals surface area contributed by atoms with E-state index in [2.05, 4.69) is 12.2 Å². The Labute approximate surface area is 101 Å². The fourth-order valence-electron chi connectivity index (χ4n) is 2.57. The number of nitrogens with one attached hydrogen (secondary N) is 1. The minimum Gasteiger partial charge on any atom is -0.393 e. The van der Waals surface area contributed by atoms with Crippen LogP contribution in [0.1, 0.15) is 64.7 Å². The first kappa shape index (κ1) is 14.0. The zero-order chi connectivity index (χ0) is 11.6. The summed E-state index contributed by atoms with van der Waals surface area (Å²) in [6.07, 6.45) is 11.7. The lowest BCUT2D eigenvalue weighted by Crippen LogP contribution is -2.39. The normalized spacial score (nSPS) is 25.9. The molecule has 0 aromatic rings. The molecule has 96 valence electrons. The van der Waals surface area contributed by atoms with E-state index in [0.29, 0.717) is 5.92 Å². The molecule has 2 heteroatoms. The van der Waals surface area contributed by atoms with Crippen molar-refractivity contribution in [2.24, 2.45) is 5.92 Å². The van der Waals surface area contributed by atoms with Gasteiger partial charge in [0.25, 0.3) is 0 Å². The third-order valence-electron chi connectivity index (χ3n) is 3.75. The van der Waals surface area contributed by atoms with Crippen molar-refractivity contribution in [2.45, 2.75) is 70.8 Å². The van der Waals surface area contributed by atoms with Gasteiger partial charge in [0.2, 0.25) is 0 Å². The van der Waals surface area contributed by atoms with Crippen LogP contribution in [0.2, 0.25) is 0 Å². The third-order valence-corrected chi connectivity index (χ3v) is 3.75. The second-order valence-electron chi connectivity index (χ2n) is 5.23. The quantitative estimate of drug-likeness (QED) is 0.625. The fourth-order valence-corrected chi connectivity index (χ4v) is 2.57. The highest BCUT2D eigenvalue weighted by Crippen LogP contribution is 2.19. The lowest BCUT2D eigenvalue weighted by molar-refractivity contribution is 0.0731. The van der Waals surface area contributed by atoms with E-state index in [1.54, 1.807) is 0 Å². The summed E-state index contributed by atoms with van der Waals surface area (Å²) in [6.45, 7) is 4.28. The third kappa shape index (κ3) is 5.86. The topological polar surface area (TPSA) is 32.3 Å². The van der Waals surface area contributed by atoms with Gasteiger partial charge < -0.3 is 10.4 Å². The molecule has 0 aliphatic carbocycles. The van der Waals surface area contributed by atoms with E-state index >= 15 is 0 Å². The maximum absolute atomic E-state index is 9.80. The Kier molecular flexibility index (Phi) is 7.87. The molecular formula is C14H29NO. The van der Waals surface area contributed by atoms with Crippen LogP contribution in [0.15, 0.2) is 0 Å². The molecule has 16 heavy (non-hydrogen) atoms. The zero-order valence-electron chi connectivity index (χ0n) is 10.9. The summed E-state index contributed by atoms with van der Waals surface area (Å²) in [5.41, 5.74) is 0. The monoisotopic (exact) mass is 227 g/mol. The summed E-state index contributed by atoms with van der Waals surface area (Å²) in [7, 11) is 0. The highest BCUT2D eigenvalue weighted by atomic mass is 16.3. The van der Waals surface area contributed by atoms with Gasteiger partial charge in [0.05, 0.1) is 6.10 Å². The largest absolute Gasteiger partial charge is 0.393 e. The molecule has 2 unspecified atom stereocenters. The molecule has 1 saturated heterocycles.